The highest BCUT2D eigenvalue weighted by atomic mass is 28.4. The van der Waals surface area contributed by atoms with Crippen molar-refractivity contribution >= 4 is 8.80 Å². The van der Waals surface area contributed by atoms with Crippen molar-refractivity contribution in [1.82, 2.24) is 0 Å². The van der Waals surface area contributed by atoms with E-state index in [4.69, 9.17) is 13.3 Å². The topological polar surface area (TPSA) is 27.7 Å². The van der Waals surface area contributed by atoms with Crippen LogP contribution in [0, 0.1) is 0 Å². The summed E-state index contributed by atoms with van der Waals surface area (Å²) < 4.78 is 17.0. The number of unbranched alkanes of at least 4 members (excludes halogenated alkanes) is 6. The molecule has 0 heterocycles. The Labute approximate surface area is 127 Å². The summed E-state index contributed by atoms with van der Waals surface area (Å²) in [6.45, 7) is 4.48. The van der Waals surface area contributed by atoms with E-state index >= 15 is 0 Å². The average Bonchev–Trinajstić information content (AvgIpc) is 2.48. The number of rotatable bonds is 14. The maximum absolute atomic E-state index is 5.66. The first-order valence-corrected chi connectivity index (χ1v) is 10.2. The lowest BCUT2D eigenvalue weighted by Gasteiger charge is -2.32. The third kappa shape index (κ3) is 7.20. The third-order valence-corrected chi connectivity index (χ3v) is 7.43. The molecule has 0 aromatic heterocycles. The summed E-state index contributed by atoms with van der Waals surface area (Å²) in [6.07, 6.45) is 12.9. The monoisotopic (exact) mass is 304 g/mol. The van der Waals surface area contributed by atoms with Gasteiger partial charge in [0, 0.05) is 26.9 Å². The normalized spacial score (nSPS) is 13.7. The molecule has 0 aliphatic heterocycles. The van der Waals surface area contributed by atoms with E-state index in [0.29, 0.717) is 5.54 Å². The Kier molecular flexibility index (Phi) is 12.9. The van der Waals surface area contributed by atoms with Gasteiger partial charge in [-0.05, 0) is 12.8 Å². The molecular formula is C16H36O3Si. The predicted molar refractivity (Wildman–Crippen MR) is 88.0 cm³/mol. The SMILES string of the molecule is CCCCCCCCCC(CCC)[Si](OC)(OC)OC. The standard InChI is InChI=1S/C16H36O3Si/c1-6-8-9-10-11-12-13-15-16(14-7-2)20(17-3,18-4)19-5/h16H,6-15H2,1-5H3. The molecule has 0 rings (SSSR count). The number of hydrogen-bond acceptors (Lipinski definition) is 3. The molecular weight excluding hydrogens is 268 g/mol. The van der Waals surface area contributed by atoms with E-state index in [-0.39, 0.29) is 0 Å². The lowest BCUT2D eigenvalue weighted by Crippen LogP contribution is -2.47. The first kappa shape index (κ1) is 20.1. The summed E-state index contributed by atoms with van der Waals surface area (Å²) in [6, 6.07) is 0. The van der Waals surface area contributed by atoms with Crippen LogP contribution < -0.4 is 0 Å². The molecule has 0 fully saturated rings. The van der Waals surface area contributed by atoms with Gasteiger partial charge in [-0.1, -0.05) is 65.2 Å². The second kappa shape index (κ2) is 12.8. The van der Waals surface area contributed by atoms with Crippen molar-refractivity contribution in [3.8, 4) is 0 Å². The molecule has 3 nitrogen and oxygen atoms in total. The fraction of sp³-hybridized carbons (Fsp3) is 1.00. The van der Waals surface area contributed by atoms with Gasteiger partial charge in [-0.25, -0.2) is 0 Å². The van der Waals surface area contributed by atoms with E-state index in [1.165, 1.54) is 51.4 Å². The van der Waals surface area contributed by atoms with Crippen LogP contribution in [0.4, 0.5) is 0 Å². The van der Waals surface area contributed by atoms with Crippen molar-refractivity contribution in [3.05, 3.63) is 0 Å². The van der Waals surface area contributed by atoms with Gasteiger partial charge in [0.2, 0.25) is 0 Å². The summed E-state index contributed by atoms with van der Waals surface area (Å²) in [5, 5.41) is 0. The van der Waals surface area contributed by atoms with Crippen LogP contribution in [0.3, 0.4) is 0 Å². The molecule has 1 unspecified atom stereocenters. The Hall–Kier alpha value is 0.0969. The molecule has 0 bridgehead atoms. The summed E-state index contributed by atoms with van der Waals surface area (Å²) in [4.78, 5) is 0. The van der Waals surface area contributed by atoms with Gasteiger partial charge in [0.15, 0.2) is 0 Å². The molecule has 0 saturated heterocycles. The summed E-state index contributed by atoms with van der Waals surface area (Å²) in [5.74, 6) is 0. The van der Waals surface area contributed by atoms with E-state index in [0.717, 1.165) is 12.8 Å². The second-order valence-corrected chi connectivity index (χ2v) is 8.86. The minimum atomic E-state index is -2.45. The van der Waals surface area contributed by atoms with Gasteiger partial charge in [0.05, 0.1) is 0 Å². The molecule has 1 atom stereocenters. The number of hydrogen-bond donors (Lipinski definition) is 0. The fourth-order valence-electron chi connectivity index (χ4n) is 2.94. The van der Waals surface area contributed by atoms with Crippen LogP contribution in [0.25, 0.3) is 0 Å². The first-order chi connectivity index (χ1) is 9.70. The molecule has 0 saturated carbocycles. The molecule has 20 heavy (non-hydrogen) atoms. The molecule has 0 spiro atoms. The molecule has 0 aromatic carbocycles. The molecule has 122 valence electrons. The van der Waals surface area contributed by atoms with Crippen molar-refractivity contribution in [2.24, 2.45) is 0 Å². The minimum Gasteiger partial charge on any atom is -0.377 e. The van der Waals surface area contributed by atoms with Crippen molar-refractivity contribution in [2.75, 3.05) is 21.3 Å². The van der Waals surface area contributed by atoms with Crippen LogP contribution in [0.2, 0.25) is 5.54 Å². The summed E-state index contributed by atoms with van der Waals surface area (Å²) in [5.41, 5.74) is 0.447. The Morgan fingerprint density at radius 3 is 1.60 bits per heavy atom. The van der Waals surface area contributed by atoms with E-state index in [9.17, 15) is 0 Å². The van der Waals surface area contributed by atoms with Gasteiger partial charge in [0.1, 0.15) is 0 Å². The van der Waals surface area contributed by atoms with E-state index in [1.54, 1.807) is 21.3 Å². The van der Waals surface area contributed by atoms with Crippen LogP contribution in [0.5, 0.6) is 0 Å². The van der Waals surface area contributed by atoms with Crippen LogP contribution in [-0.2, 0) is 13.3 Å². The van der Waals surface area contributed by atoms with Crippen molar-refractivity contribution in [2.45, 2.75) is 83.6 Å². The van der Waals surface area contributed by atoms with Gasteiger partial charge < -0.3 is 13.3 Å². The smallest absolute Gasteiger partial charge is 0.377 e. The van der Waals surface area contributed by atoms with E-state index in [2.05, 4.69) is 13.8 Å². The van der Waals surface area contributed by atoms with Crippen LogP contribution in [0.1, 0.15) is 78.1 Å². The Bertz CT molecular complexity index is 200. The Balaban J connectivity index is 4.07. The van der Waals surface area contributed by atoms with Crippen molar-refractivity contribution < 1.29 is 13.3 Å². The zero-order valence-electron chi connectivity index (χ0n) is 14.4. The molecule has 4 heteroatoms. The van der Waals surface area contributed by atoms with E-state index < -0.39 is 8.80 Å². The lowest BCUT2D eigenvalue weighted by molar-refractivity contribution is 0.107. The van der Waals surface area contributed by atoms with Gasteiger partial charge in [-0.2, -0.15) is 0 Å². The molecule has 0 radical (unpaired) electrons. The molecule has 0 aromatic rings. The summed E-state index contributed by atoms with van der Waals surface area (Å²) >= 11 is 0. The van der Waals surface area contributed by atoms with Gasteiger partial charge in [0.25, 0.3) is 0 Å². The van der Waals surface area contributed by atoms with Crippen LogP contribution in [-0.4, -0.2) is 30.1 Å². The van der Waals surface area contributed by atoms with Crippen molar-refractivity contribution in [3.63, 3.8) is 0 Å². The van der Waals surface area contributed by atoms with Crippen LogP contribution >= 0.6 is 0 Å². The maximum atomic E-state index is 5.66. The largest absolute Gasteiger partial charge is 0.503 e. The highest BCUT2D eigenvalue weighted by Gasteiger charge is 2.45. The van der Waals surface area contributed by atoms with Crippen LogP contribution in [0.15, 0.2) is 0 Å². The highest BCUT2D eigenvalue weighted by molar-refractivity contribution is 6.62. The third-order valence-electron chi connectivity index (χ3n) is 4.15. The van der Waals surface area contributed by atoms with Gasteiger partial charge >= 0.3 is 8.80 Å². The molecule has 0 aliphatic carbocycles. The zero-order chi connectivity index (χ0) is 15.3. The zero-order valence-corrected chi connectivity index (χ0v) is 15.4. The quantitative estimate of drug-likeness (QED) is 0.327. The van der Waals surface area contributed by atoms with Gasteiger partial charge in [-0.3, -0.25) is 0 Å². The highest BCUT2D eigenvalue weighted by Crippen LogP contribution is 2.33. The lowest BCUT2D eigenvalue weighted by atomic mass is 10.1. The van der Waals surface area contributed by atoms with Gasteiger partial charge in [-0.15, -0.1) is 0 Å². The predicted octanol–water partition coefficient (Wildman–Crippen LogP) is 5.18. The average molecular weight is 305 g/mol. The molecule has 0 amide bonds. The van der Waals surface area contributed by atoms with Crippen molar-refractivity contribution in [1.29, 1.82) is 0 Å². The fourth-order valence-corrected chi connectivity index (χ4v) is 5.64. The minimum absolute atomic E-state index is 0.447. The Morgan fingerprint density at radius 2 is 1.15 bits per heavy atom. The second-order valence-electron chi connectivity index (χ2n) is 5.61. The molecule has 0 N–H and O–H groups in total. The van der Waals surface area contributed by atoms with E-state index in [1.807, 2.05) is 0 Å². The molecule has 0 aliphatic rings. The first-order valence-electron chi connectivity index (χ1n) is 8.36. The summed E-state index contributed by atoms with van der Waals surface area (Å²) in [7, 11) is 2.74. The maximum Gasteiger partial charge on any atom is 0.503 e. The Morgan fingerprint density at radius 1 is 0.650 bits per heavy atom.